The van der Waals surface area contributed by atoms with Gasteiger partial charge in [0.25, 0.3) is 0 Å². The summed E-state index contributed by atoms with van der Waals surface area (Å²) in [5.41, 5.74) is 0. The molecular formula is C11H20N4O. The Balaban J connectivity index is 2.39. The van der Waals surface area contributed by atoms with E-state index in [-0.39, 0.29) is 12.1 Å². The molecule has 0 bridgehead atoms. The fourth-order valence-corrected chi connectivity index (χ4v) is 1.93. The lowest BCUT2D eigenvalue weighted by atomic mass is 10.2. The van der Waals surface area contributed by atoms with Crippen LogP contribution < -0.4 is 5.32 Å². The Morgan fingerprint density at radius 2 is 2.00 bits per heavy atom. The largest absolute Gasteiger partial charge is 0.338 e. The van der Waals surface area contributed by atoms with Crippen LogP contribution in [0.25, 0.3) is 0 Å². The number of carbonyl (C=O) groups excluding carboxylic acids is 1. The molecule has 1 rings (SSSR count). The lowest BCUT2D eigenvalue weighted by Crippen LogP contribution is -2.53. The molecule has 0 aromatic rings. The molecule has 1 atom stereocenters. The summed E-state index contributed by atoms with van der Waals surface area (Å²) in [5, 5.41) is 11.7. The molecule has 1 heterocycles. The quantitative estimate of drug-likeness (QED) is 0.765. The number of nitrogens with one attached hydrogen (secondary N) is 1. The van der Waals surface area contributed by atoms with Gasteiger partial charge in [0.15, 0.2) is 0 Å². The number of hydrogen-bond donors (Lipinski definition) is 1. The number of nitriles is 1. The third-order valence-corrected chi connectivity index (χ3v) is 2.91. The van der Waals surface area contributed by atoms with Crippen LogP contribution in [0, 0.1) is 11.3 Å². The van der Waals surface area contributed by atoms with Gasteiger partial charge in [-0.3, -0.25) is 4.90 Å². The van der Waals surface area contributed by atoms with Crippen LogP contribution in [-0.2, 0) is 0 Å². The van der Waals surface area contributed by atoms with E-state index in [4.69, 9.17) is 5.26 Å². The number of carbonyl (C=O) groups is 1. The van der Waals surface area contributed by atoms with E-state index in [9.17, 15) is 4.79 Å². The number of rotatable bonds is 3. The number of nitrogens with zero attached hydrogens (tertiary/aromatic N) is 3. The molecule has 90 valence electrons. The summed E-state index contributed by atoms with van der Waals surface area (Å²) < 4.78 is 0. The Bertz CT molecular complexity index is 266. The first-order valence-electron chi connectivity index (χ1n) is 5.89. The van der Waals surface area contributed by atoms with Crippen LogP contribution in [0.2, 0.25) is 0 Å². The minimum Gasteiger partial charge on any atom is -0.338 e. The maximum absolute atomic E-state index is 11.5. The van der Waals surface area contributed by atoms with Crippen molar-refractivity contribution in [1.29, 1.82) is 5.26 Å². The molecule has 1 N–H and O–H groups in total. The van der Waals surface area contributed by atoms with Crippen molar-refractivity contribution in [2.75, 3.05) is 32.7 Å². The van der Waals surface area contributed by atoms with Crippen molar-refractivity contribution in [3.63, 3.8) is 0 Å². The van der Waals surface area contributed by atoms with Gasteiger partial charge in [-0.2, -0.15) is 5.26 Å². The fraction of sp³-hybridized carbons (Fsp3) is 0.818. The van der Waals surface area contributed by atoms with Crippen LogP contribution >= 0.6 is 0 Å². The third kappa shape index (κ3) is 3.11. The average molecular weight is 224 g/mol. The van der Waals surface area contributed by atoms with Crippen molar-refractivity contribution in [3.05, 3.63) is 0 Å². The van der Waals surface area contributed by atoms with E-state index in [0.717, 1.165) is 19.5 Å². The van der Waals surface area contributed by atoms with Gasteiger partial charge in [-0.1, -0.05) is 6.92 Å². The van der Waals surface area contributed by atoms with Crippen molar-refractivity contribution in [2.45, 2.75) is 26.3 Å². The van der Waals surface area contributed by atoms with Crippen molar-refractivity contribution in [2.24, 2.45) is 0 Å². The Morgan fingerprint density at radius 3 is 2.44 bits per heavy atom. The molecule has 1 fully saturated rings. The predicted octanol–water partition coefficient (Wildman–Crippen LogP) is 0.636. The standard InChI is InChI=1S/C11H20N4O/c1-3-10(9-12)14-5-7-15(8-6-14)11(16)13-4-2/h10H,3-8H2,1-2H3,(H,13,16). The zero-order valence-electron chi connectivity index (χ0n) is 10.1. The van der Waals surface area contributed by atoms with Crippen LogP contribution in [0.5, 0.6) is 0 Å². The van der Waals surface area contributed by atoms with E-state index < -0.39 is 0 Å². The summed E-state index contributed by atoms with van der Waals surface area (Å²) in [6.45, 7) is 7.61. The molecule has 1 saturated heterocycles. The van der Waals surface area contributed by atoms with Gasteiger partial charge in [0.2, 0.25) is 0 Å². The minimum atomic E-state index is -0.00335. The minimum absolute atomic E-state index is 0.00335. The Hall–Kier alpha value is -1.28. The molecule has 5 heteroatoms. The molecule has 0 aromatic heterocycles. The Labute approximate surface area is 97.0 Å². The normalized spacial score (nSPS) is 18.9. The zero-order chi connectivity index (χ0) is 12.0. The van der Waals surface area contributed by atoms with Crippen LogP contribution in [0.1, 0.15) is 20.3 Å². The first kappa shape index (κ1) is 12.8. The molecule has 1 unspecified atom stereocenters. The molecule has 2 amide bonds. The van der Waals surface area contributed by atoms with Crippen LogP contribution in [-0.4, -0.2) is 54.6 Å². The van der Waals surface area contributed by atoms with Crippen LogP contribution in [0.15, 0.2) is 0 Å². The van der Waals surface area contributed by atoms with Gasteiger partial charge in [-0.15, -0.1) is 0 Å². The summed E-state index contributed by atoms with van der Waals surface area (Å²) in [7, 11) is 0. The predicted molar refractivity (Wildman–Crippen MR) is 61.9 cm³/mol. The molecule has 0 spiro atoms. The van der Waals surface area contributed by atoms with Gasteiger partial charge in [0, 0.05) is 32.7 Å². The zero-order valence-corrected chi connectivity index (χ0v) is 10.1. The topological polar surface area (TPSA) is 59.4 Å². The van der Waals surface area contributed by atoms with E-state index in [0.29, 0.717) is 19.6 Å². The lowest BCUT2D eigenvalue weighted by molar-refractivity contribution is 0.123. The molecule has 0 radical (unpaired) electrons. The summed E-state index contributed by atoms with van der Waals surface area (Å²) >= 11 is 0. The lowest BCUT2D eigenvalue weighted by Gasteiger charge is -2.36. The second kappa shape index (κ2) is 6.33. The smallest absolute Gasteiger partial charge is 0.317 e. The highest BCUT2D eigenvalue weighted by atomic mass is 16.2. The molecule has 1 aliphatic heterocycles. The molecule has 0 aromatic carbocycles. The van der Waals surface area contributed by atoms with Crippen molar-refractivity contribution < 1.29 is 4.79 Å². The summed E-state index contributed by atoms with van der Waals surface area (Å²) in [6.07, 6.45) is 0.845. The van der Waals surface area contributed by atoms with Gasteiger partial charge in [-0.25, -0.2) is 4.79 Å². The second-order valence-electron chi connectivity index (χ2n) is 3.91. The summed E-state index contributed by atoms with van der Waals surface area (Å²) in [4.78, 5) is 15.5. The fourth-order valence-electron chi connectivity index (χ4n) is 1.93. The molecule has 5 nitrogen and oxygen atoms in total. The summed E-state index contributed by atoms with van der Waals surface area (Å²) in [5.74, 6) is 0. The highest BCUT2D eigenvalue weighted by Crippen LogP contribution is 2.08. The molecule has 1 aliphatic rings. The number of piperazine rings is 1. The van der Waals surface area contributed by atoms with Gasteiger partial charge in [-0.05, 0) is 13.3 Å². The Kier molecular flexibility index (Phi) is 5.06. The maximum Gasteiger partial charge on any atom is 0.317 e. The van der Waals surface area contributed by atoms with E-state index in [2.05, 4.69) is 16.3 Å². The Morgan fingerprint density at radius 1 is 1.38 bits per heavy atom. The van der Waals surface area contributed by atoms with Crippen molar-refractivity contribution in [1.82, 2.24) is 15.1 Å². The first-order valence-corrected chi connectivity index (χ1v) is 5.89. The second-order valence-corrected chi connectivity index (χ2v) is 3.91. The summed E-state index contributed by atoms with van der Waals surface area (Å²) in [6, 6.07) is 2.30. The third-order valence-electron chi connectivity index (χ3n) is 2.91. The van der Waals surface area contributed by atoms with Crippen molar-refractivity contribution in [3.8, 4) is 6.07 Å². The monoisotopic (exact) mass is 224 g/mol. The molecular weight excluding hydrogens is 204 g/mol. The number of amides is 2. The van der Waals surface area contributed by atoms with Crippen molar-refractivity contribution >= 4 is 6.03 Å². The number of urea groups is 1. The molecule has 0 saturated carbocycles. The average Bonchev–Trinajstić information content (AvgIpc) is 2.32. The van der Waals surface area contributed by atoms with E-state index in [1.54, 1.807) is 0 Å². The SMILES string of the molecule is CCNC(=O)N1CCN(C(C#N)CC)CC1. The first-order chi connectivity index (χ1) is 7.72. The van der Waals surface area contributed by atoms with E-state index in [1.807, 2.05) is 18.7 Å². The van der Waals surface area contributed by atoms with E-state index >= 15 is 0 Å². The maximum atomic E-state index is 11.5. The van der Waals surface area contributed by atoms with Gasteiger partial charge in [0.05, 0.1) is 12.1 Å². The number of hydrogen-bond acceptors (Lipinski definition) is 3. The highest BCUT2D eigenvalue weighted by Gasteiger charge is 2.24. The van der Waals surface area contributed by atoms with Crippen LogP contribution in [0.4, 0.5) is 4.79 Å². The highest BCUT2D eigenvalue weighted by molar-refractivity contribution is 5.74. The van der Waals surface area contributed by atoms with Gasteiger partial charge in [0.1, 0.15) is 0 Å². The van der Waals surface area contributed by atoms with Gasteiger partial charge >= 0.3 is 6.03 Å². The van der Waals surface area contributed by atoms with Crippen LogP contribution in [0.3, 0.4) is 0 Å². The molecule has 16 heavy (non-hydrogen) atoms. The molecule has 0 aliphatic carbocycles. The van der Waals surface area contributed by atoms with E-state index in [1.165, 1.54) is 0 Å². The van der Waals surface area contributed by atoms with Gasteiger partial charge < -0.3 is 10.2 Å².